The van der Waals surface area contributed by atoms with E-state index in [0.717, 1.165) is 4.90 Å². The van der Waals surface area contributed by atoms with Crippen molar-refractivity contribution in [2.24, 2.45) is 11.7 Å². The number of rotatable bonds is 7. The third kappa shape index (κ3) is 5.17. The van der Waals surface area contributed by atoms with E-state index in [0.29, 0.717) is 5.69 Å². The van der Waals surface area contributed by atoms with Gasteiger partial charge in [-0.3, -0.25) is 9.48 Å². The van der Waals surface area contributed by atoms with Crippen LogP contribution < -0.4 is 11.1 Å². The molecule has 1 aliphatic heterocycles. The number of nitrogens with one attached hydrogen (secondary N) is 1. The Morgan fingerprint density at radius 3 is 2.55 bits per heavy atom. The molecule has 13 heteroatoms. The van der Waals surface area contributed by atoms with Crippen LogP contribution in [0.4, 0.5) is 29.5 Å². The molecule has 3 rings (SSSR count). The van der Waals surface area contributed by atoms with Gasteiger partial charge in [-0.15, -0.1) is 0 Å². The molecular weight excluding hydrogens is 445 g/mol. The predicted molar refractivity (Wildman–Crippen MR) is 108 cm³/mol. The number of hydrogen-bond donors (Lipinski definition) is 4. The summed E-state index contributed by atoms with van der Waals surface area (Å²) < 4.78 is 42.3. The van der Waals surface area contributed by atoms with Crippen LogP contribution in [-0.4, -0.2) is 62.0 Å². The van der Waals surface area contributed by atoms with E-state index in [1.165, 1.54) is 35.1 Å². The van der Waals surface area contributed by atoms with E-state index in [9.17, 15) is 33.1 Å². The number of nitrogens with zero attached hydrogens (tertiary/aromatic N) is 4. The van der Waals surface area contributed by atoms with Crippen LogP contribution in [0.1, 0.15) is 29.2 Å². The molecule has 1 unspecified atom stereocenters. The van der Waals surface area contributed by atoms with Gasteiger partial charge >= 0.3 is 6.09 Å². The molecule has 176 valence electrons. The van der Waals surface area contributed by atoms with Gasteiger partial charge < -0.3 is 26.2 Å². The molecule has 1 fully saturated rings. The van der Waals surface area contributed by atoms with Crippen LogP contribution in [0, 0.1) is 23.1 Å². The third-order valence-corrected chi connectivity index (χ3v) is 5.47. The van der Waals surface area contributed by atoms with E-state index >= 15 is 0 Å². The summed E-state index contributed by atoms with van der Waals surface area (Å²) >= 11 is 0. The van der Waals surface area contributed by atoms with Gasteiger partial charge in [0.2, 0.25) is 0 Å². The number of aromatic nitrogens is 2. The number of hydrogen-bond acceptors (Lipinski definition) is 6. The third-order valence-electron chi connectivity index (χ3n) is 5.47. The topological polar surface area (TPSA) is 158 Å². The van der Waals surface area contributed by atoms with Gasteiger partial charge in [0.05, 0.1) is 24.1 Å². The number of primary amides is 1. The lowest BCUT2D eigenvalue weighted by Gasteiger charge is -2.42. The Labute approximate surface area is 186 Å². The summed E-state index contributed by atoms with van der Waals surface area (Å²) in [7, 11) is 0. The van der Waals surface area contributed by atoms with Crippen LogP contribution in [0.25, 0.3) is 0 Å². The Morgan fingerprint density at radius 1 is 1.33 bits per heavy atom. The molecule has 1 aromatic carbocycles. The second-order valence-corrected chi connectivity index (χ2v) is 7.64. The molecule has 1 saturated heterocycles. The molecule has 10 nitrogen and oxygen atoms in total. The van der Waals surface area contributed by atoms with Gasteiger partial charge in [0.15, 0.2) is 5.82 Å². The Hall–Kier alpha value is -3.79. The highest BCUT2D eigenvalue weighted by Gasteiger charge is 2.46. The number of alkyl halides is 2. The number of likely N-dealkylation sites (tertiary alicyclic amines) is 1. The Balaban J connectivity index is 1.97. The fourth-order valence-corrected chi connectivity index (χ4v) is 3.89. The van der Waals surface area contributed by atoms with E-state index in [-0.39, 0.29) is 24.3 Å². The molecule has 0 spiro atoms. The average Bonchev–Trinajstić information content (AvgIpc) is 3.18. The van der Waals surface area contributed by atoms with Crippen molar-refractivity contribution in [3.63, 3.8) is 0 Å². The molecule has 2 amide bonds. The number of anilines is 2. The molecule has 0 aliphatic carbocycles. The molecule has 1 aromatic heterocycles. The van der Waals surface area contributed by atoms with Crippen molar-refractivity contribution in [2.45, 2.75) is 30.8 Å². The second-order valence-electron chi connectivity index (χ2n) is 7.64. The van der Waals surface area contributed by atoms with Gasteiger partial charge in [-0.1, -0.05) is 0 Å². The molecule has 0 radical (unpaired) electrons. The van der Waals surface area contributed by atoms with Gasteiger partial charge in [-0.05, 0) is 30.7 Å². The van der Waals surface area contributed by atoms with Crippen molar-refractivity contribution in [1.29, 1.82) is 5.26 Å². The summed E-state index contributed by atoms with van der Waals surface area (Å²) in [5.41, 5.74) is 5.75. The lowest BCUT2D eigenvalue weighted by molar-refractivity contribution is -0.0828. The summed E-state index contributed by atoms with van der Waals surface area (Å²) in [6.07, 6.45) is -1.22. The highest BCUT2D eigenvalue weighted by Crippen LogP contribution is 2.38. The number of benzene rings is 1. The second kappa shape index (κ2) is 9.37. The van der Waals surface area contributed by atoms with Crippen molar-refractivity contribution in [2.75, 3.05) is 18.5 Å². The van der Waals surface area contributed by atoms with Crippen LogP contribution >= 0.6 is 0 Å². The maximum absolute atomic E-state index is 14.0. The van der Waals surface area contributed by atoms with E-state index in [1.807, 2.05) is 6.07 Å². The number of piperidine rings is 1. The molecular formula is C20H21F3N6O4. The SMILES string of the molecule is N#C[C@@H]1C(CC(F)(F)CO)N(C(=O)O)CC[C@@H]1n1cc(C(N)=O)c(Nc2ccc(F)cc2)n1. The van der Waals surface area contributed by atoms with Crippen LogP contribution in [-0.2, 0) is 0 Å². The van der Waals surface area contributed by atoms with Gasteiger partial charge in [-0.25, -0.2) is 18.0 Å². The zero-order valence-corrected chi connectivity index (χ0v) is 17.2. The molecule has 5 N–H and O–H groups in total. The normalized spacial score (nSPS) is 20.8. The van der Waals surface area contributed by atoms with Crippen molar-refractivity contribution in [1.82, 2.24) is 14.7 Å². The maximum Gasteiger partial charge on any atom is 0.407 e. The van der Waals surface area contributed by atoms with Gasteiger partial charge in [0, 0.05) is 24.8 Å². The number of carbonyl (C=O) groups is 2. The van der Waals surface area contributed by atoms with Crippen molar-refractivity contribution in [3.8, 4) is 6.07 Å². The maximum atomic E-state index is 14.0. The fourth-order valence-electron chi connectivity index (χ4n) is 3.89. The predicted octanol–water partition coefficient (Wildman–Crippen LogP) is 2.32. The number of carboxylic acid groups (broad SMARTS) is 1. The number of nitriles is 1. The van der Waals surface area contributed by atoms with Crippen LogP contribution in [0.3, 0.4) is 0 Å². The minimum atomic E-state index is -3.60. The smallest absolute Gasteiger partial charge is 0.407 e. The van der Waals surface area contributed by atoms with Crippen LogP contribution in [0.15, 0.2) is 30.5 Å². The van der Waals surface area contributed by atoms with E-state index in [2.05, 4.69) is 10.4 Å². The summed E-state index contributed by atoms with van der Waals surface area (Å²) in [5, 5.41) is 35.2. The van der Waals surface area contributed by atoms with Gasteiger partial charge in [0.25, 0.3) is 11.8 Å². The first kappa shape index (κ1) is 23.9. The van der Waals surface area contributed by atoms with E-state index in [4.69, 9.17) is 10.8 Å². The first-order valence-electron chi connectivity index (χ1n) is 9.85. The summed E-state index contributed by atoms with van der Waals surface area (Å²) in [6.45, 7) is -1.67. The number of nitrogens with two attached hydrogens (primary N) is 1. The highest BCUT2D eigenvalue weighted by atomic mass is 19.3. The number of carbonyl (C=O) groups excluding carboxylic acids is 1. The van der Waals surface area contributed by atoms with Crippen molar-refractivity contribution in [3.05, 3.63) is 41.8 Å². The van der Waals surface area contributed by atoms with Crippen molar-refractivity contribution < 1.29 is 33.0 Å². The van der Waals surface area contributed by atoms with Gasteiger partial charge in [0.1, 0.15) is 18.0 Å². The standard InChI is InChI=1S/C20H21F3N6O4/c21-11-1-3-12(4-2-11)26-18-14(17(25)31)9-29(27-18)15-5-6-28(19(32)33)16(13(15)8-24)7-20(22,23)10-30/h1-4,9,13,15-16,30H,5-7,10H2,(H2,25,31)(H,26,27)(H,32,33)/t13-,15-,16?/m0/s1. The number of aliphatic hydroxyl groups is 1. The first-order valence-corrected chi connectivity index (χ1v) is 9.85. The van der Waals surface area contributed by atoms with E-state index < -0.39 is 54.8 Å². The summed E-state index contributed by atoms with van der Waals surface area (Å²) in [5.74, 6) is -6.19. The Bertz CT molecular complexity index is 1070. The summed E-state index contributed by atoms with van der Waals surface area (Å²) in [4.78, 5) is 24.3. The number of amides is 2. The molecule has 2 aromatic rings. The minimum Gasteiger partial charge on any atom is -0.465 e. The van der Waals surface area contributed by atoms with Crippen molar-refractivity contribution >= 4 is 23.5 Å². The number of halogens is 3. The largest absolute Gasteiger partial charge is 0.465 e. The Kier molecular flexibility index (Phi) is 6.78. The summed E-state index contributed by atoms with van der Waals surface area (Å²) in [6, 6.07) is 4.77. The molecule has 33 heavy (non-hydrogen) atoms. The Morgan fingerprint density at radius 2 is 2.00 bits per heavy atom. The minimum absolute atomic E-state index is 0.00343. The molecule has 1 aliphatic rings. The highest BCUT2D eigenvalue weighted by molar-refractivity contribution is 5.98. The average molecular weight is 466 g/mol. The molecule has 3 atom stereocenters. The monoisotopic (exact) mass is 466 g/mol. The molecule has 2 heterocycles. The van der Waals surface area contributed by atoms with Crippen LogP contribution in [0.2, 0.25) is 0 Å². The van der Waals surface area contributed by atoms with Gasteiger partial charge in [-0.2, -0.15) is 10.4 Å². The molecule has 0 bridgehead atoms. The fraction of sp³-hybridized carbons (Fsp3) is 0.400. The van der Waals surface area contributed by atoms with Crippen LogP contribution in [0.5, 0.6) is 0 Å². The van der Waals surface area contributed by atoms with E-state index in [1.54, 1.807) is 0 Å². The number of aliphatic hydroxyl groups excluding tert-OH is 1. The lowest BCUT2D eigenvalue weighted by Crippen LogP contribution is -2.53. The molecule has 0 saturated carbocycles. The lowest BCUT2D eigenvalue weighted by atomic mass is 9.83. The first-order chi connectivity index (χ1) is 15.6. The zero-order valence-electron chi connectivity index (χ0n) is 17.2. The quantitative estimate of drug-likeness (QED) is 0.487. The zero-order chi connectivity index (χ0) is 24.3.